The first-order chi connectivity index (χ1) is 7.86. The van der Waals surface area contributed by atoms with Gasteiger partial charge in [0.15, 0.2) is 0 Å². The highest BCUT2D eigenvalue weighted by molar-refractivity contribution is 5.02. The van der Waals surface area contributed by atoms with Crippen molar-refractivity contribution in [2.24, 2.45) is 5.73 Å². The quantitative estimate of drug-likeness (QED) is 0.772. The second kappa shape index (κ2) is 4.28. The molecule has 1 aliphatic heterocycles. The van der Waals surface area contributed by atoms with E-state index in [1.54, 1.807) is 0 Å². The van der Waals surface area contributed by atoms with Gasteiger partial charge in [-0.1, -0.05) is 12.8 Å². The first kappa shape index (κ1) is 11.0. The second-order valence-electron chi connectivity index (χ2n) is 5.74. The van der Waals surface area contributed by atoms with Crippen molar-refractivity contribution in [3.8, 4) is 0 Å². The molecule has 2 unspecified atom stereocenters. The van der Waals surface area contributed by atoms with E-state index < -0.39 is 0 Å². The van der Waals surface area contributed by atoms with Crippen molar-refractivity contribution >= 4 is 0 Å². The maximum absolute atomic E-state index is 6.10. The molecule has 1 heterocycles. The van der Waals surface area contributed by atoms with E-state index in [1.807, 2.05) is 0 Å². The lowest BCUT2D eigenvalue weighted by molar-refractivity contribution is -0.0961. The van der Waals surface area contributed by atoms with Crippen LogP contribution in [0.2, 0.25) is 0 Å². The molecule has 0 radical (unpaired) electrons. The Balaban J connectivity index is 1.81. The molecule has 2 N–H and O–H groups in total. The highest BCUT2D eigenvalue weighted by Gasteiger charge is 2.46. The number of hydrogen-bond acceptors (Lipinski definition) is 3. The van der Waals surface area contributed by atoms with Gasteiger partial charge in [0.25, 0.3) is 0 Å². The summed E-state index contributed by atoms with van der Waals surface area (Å²) in [6.07, 6.45) is 9.80. The molecule has 0 aromatic heterocycles. The van der Waals surface area contributed by atoms with Crippen molar-refractivity contribution in [1.29, 1.82) is 0 Å². The van der Waals surface area contributed by atoms with Crippen LogP contribution in [0.5, 0.6) is 0 Å². The van der Waals surface area contributed by atoms with Gasteiger partial charge in [0.05, 0.1) is 12.7 Å². The Morgan fingerprint density at radius 1 is 1.19 bits per heavy atom. The Labute approximate surface area is 98.3 Å². The molecule has 0 amide bonds. The predicted molar refractivity (Wildman–Crippen MR) is 64.3 cm³/mol. The lowest BCUT2D eigenvalue weighted by Crippen LogP contribution is -2.61. The van der Waals surface area contributed by atoms with Crippen molar-refractivity contribution in [2.45, 2.75) is 62.6 Å². The normalized spacial score (nSPS) is 38.8. The molecule has 92 valence electrons. The van der Waals surface area contributed by atoms with E-state index in [2.05, 4.69) is 4.90 Å². The van der Waals surface area contributed by atoms with Crippen LogP contribution in [0.3, 0.4) is 0 Å². The Bertz CT molecular complexity index is 250. The summed E-state index contributed by atoms with van der Waals surface area (Å²) in [7, 11) is 0. The van der Waals surface area contributed by atoms with Crippen molar-refractivity contribution in [2.75, 3.05) is 19.7 Å². The van der Waals surface area contributed by atoms with Crippen LogP contribution in [0.25, 0.3) is 0 Å². The van der Waals surface area contributed by atoms with Crippen LogP contribution in [-0.4, -0.2) is 42.3 Å². The van der Waals surface area contributed by atoms with Crippen molar-refractivity contribution < 1.29 is 4.74 Å². The number of nitrogens with two attached hydrogens (primary N) is 1. The van der Waals surface area contributed by atoms with E-state index in [-0.39, 0.29) is 0 Å². The molecule has 3 heteroatoms. The van der Waals surface area contributed by atoms with E-state index in [9.17, 15) is 0 Å². The third kappa shape index (κ3) is 1.60. The number of fused-ring (bicyclic) bond motifs is 1. The molecule has 1 saturated heterocycles. The summed E-state index contributed by atoms with van der Waals surface area (Å²) in [6.45, 7) is 2.87. The fourth-order valence-electron chi connectivity index (χ4n) is 4.16. The third-order valence-electron chi connectivity index (χ3n) is 5.01. The molecule has 2 saturated carbocycles. The monoisotopic (exact) mass is 224 g/mol. The van der Waals surface area contributed by atoms with E-state index in [4.69, 9.17) is 10.5 Å². The maximum Gasteiger partial charge on any atom is 0.0731 e. The number of ether oxygens (including phenoxy) is 1. The molecule has 3 nitrogen and oxygen atoms in total. The van der Waals surface area contributed by atoms with Gasteiger partial charge in [-0.25, -0.2) is 0 Å². The van der Waals surface area contributed by atoms with Crippen molar-refractivity contribution in [3.63, 3.8) is 0 Å². The second-order valence-corrected chi connectivity index (χ2v) is 5.74. The van der Waals surface area contributed by atoms with Crippen LogP contribution >= 0.6 is 0 Å². The molecule has 0 aromatic carbocycles. The van der Waals surface area contributed by atoms with Crippen LogP contribution in [0.4, 0.5) is 0 Å². The van der Waals surface area contributed by atoms with Gasteiger partial charge in [-0.2, -0.15) is 0 Å². The van der Waals surface area contributed by atoms with Crippen molar-refractivity contribution in [3.05, 3.63) is 0 Å². The predicted octanol–water partition coefficient (Wildman–Crippen LogP) is 1.51. The minimum absolute atomic E-state index is 0.330. The summed E-state index contributed by atoms with van der Waals surface area (Å²) >= 11 is 0. The lowest BCUT2D eigenvalue weighted by atomic mass is 9.91. The molecule has 3 rings (SSSR count). The Morgan fingerprint density at radius 2 is 2.00 bits per heavy atom. The molecule has 0 bridgehead atoms. The molecular formula is C13H24N2O. The van der Waals surface area contributed by atoms with E-state index in [0.29, 0.717) is 17.7 Å². The molecule has 2 aliphatic carbocycles. The summed E-state index contributed by atoms with van der Waals surface area (Å²) in [5, 5.41) is 0. The summed E-state index contributed by atoms with van der Waals surface area (Å²) in [4.78, 5) is 2.74. The number of morpholine rings is 1. The highest BCUT2D eigenvalue weighted by atomic mass is 16.5. The molecule has 3 fully saturated rings. The standard InChI is InChI=1S/C13H24N2O/c14-10-13(6-1-2-7-13)15-8-9-16-12-5-3-4-11(12)15/h11-12H,1-10,14H2. The molecule has 16 heavy (non-hydrogen) atoms. The molecule has 0 spiro atoms. The average Bonchev–Trinajstić information content (AvgIpc) is 2.98. The van der Waals surface area contributed by atoms with Crippen LogP contribution in [-0.2, 0) is 4.74 Å². The zero-order valence-electron chi connectivity index (χ0n) is 10.2. The van der Waals surface area contributed by atoms with E-state index >= 15 is 0 Å². The maximum atomic E-state index is 6.10. The van der Waals surface area contributed by atoms with Gasteiger partial charge in [-0.05, 0) is 32.1 Å². The number of hydrogen-bond donors (Lipinski definition) is 1. The van der Waals surface area contributed by atoms with Crippen LogP contribution in [0.1, 0.15) is 44.9 Å². The van der Waals surface area contributed by atoms with E-state index in [0.717, 1.165) is 19.7 Å². The summed E-state index contributed by atoms with van der Waals surface area (Å²) in [5.74, 6) is 0. The first-order valence-electron chi connectivity index (χ1n) is 6.94. The fraction of sp³-hybridized carbons (Fsp3) is 1.00. The summed E-state index contributed by atoms with van der Waals surface area (Å²) < 4.78 is 5.90. The van der Waals surface area contributed by atoms with Gasteiger partial charge < -0.3 is 10.5 Å². The topological polar surface area (TPSA) is 38.5 Å². The van der Waals surface area contributed by atoms with Gasteiger partial charge in [-0.15, -0.1) is 0 Å². The SMILES string of the molecule is NCC1(N2CCOC3CCCC32)CCCC1. The van der Waals surface area contributed by atoms with Gasteiger partial charge in [-0.3, -0.25) is 4.90 Å². The van der Waals surface area contributed by atoms with Crippen molar-refractivity contribution in [1.82, 2.24) is 4.90 Å². The summed E-state index contributed by atoms with van der Waals surface area (Å²) in [5.41, 5.74) is 6.43. The first-order valence-corrected chi connectivity index (χ1v) is 6.94. The Hall–Kier alpha value is -0.120. The Kier molecular flexibility index (Phi) is 2.94. The molecular weight excluding hydrogens is 200 g/mol. The van der Waals surface area contributed by atoms with Crippen LogP contribution < -0.4 is 5.73 Å². The van der Waals surface area contributed by atoms with Gasteiger partial charge >= 0.3 is 0 Å². The van der Waals surface area contributed by atoms with Gasteiger partial charge in [0.2, 0.25) is 0 Å². The van der Waals surface area contributed by atoms with Gasteiger partial charge in [0.1, 0.15) is 0 Å². The summed E-state index contributed by atoms with van der Waals surface area (Å²) in [6, 6.07) is 0.676. The lowest BCUT2D eigenvalue weighted by Gasteiger charge is -2.48. The third-order valence-corrected chi connectivity index (χ3v) is 5.01. The van der Waals surface area contributed by atoms with Crippen LogP contribution in [0, 0.1) is 0 Å². The van der Waals surface area contributed by atoms with Gasteiger partial charge in [0, 0.05) is 24.7 Å². The molecule has 2 atom stereocenters. The van der Waals surface area contributed by atoms with Crippen LogP contribution in [0.15, 0.2) is 0 Å². The average molecular weight is 224 g/mol. The van der Waals surface area contributed by atoms with E-state index in [1.165, 1.54) is 44.9 Å². The number of rotatable bonds is 2. The zero-order valence-corrected chi connectivity index (χ0v) is 10.2. The minimum atomic E-state index is 0.330. The fourth-order valence-corrected chi connectivity index (χ4v) is 4.16. The zero-order chi connectivity index (χ0) is 11.0. The largest absolute Gasteiger partial charge is 0.375 e. The molecule has 3 aliphatic rings. The minimum Gasteiger partial charge on any atom is -0.375 e. The number of nitrogens with zero attached hydrogens (tertiary/aromatic N) is 1. The smallest absolute Gasteiger partial charge is 0.0731 e. The highest BCUT2D eigenvalue weighted by Crippen LogP contribution is 2.41. The molecule has 0 aromatic rings. The Morgan fingerprint density at radius 3 is 2.75 bits per heavy atom.